The molecule has 26 heavy (non-hydrogen) atoms. The van der Waals surface area contributed by atoms with E-state index >= 15 is 0 Å². The van der Waals surface area contributed by atoms with E-state index in [1.165, 1.54) is 17.0 Å². The van der Waals surface area contributed by atoms with Gasteiger partial charge >= 0.3 is 0 Å². The quantitative estimate of drug-likeness (QED) is 0.628. The van der Waals surface area contributed by atoms with Crippen LogP contribution < -0.4 is 16.4 Å². The van der Waals surface area contributed by atoms with Crippen LogP contribution in [0.1, 0.15) is 33.8 Å². The van der Waals surface area contributed by atoms with Gasteiger partial charge in [0.2, 0.25) is 0 Å². The van der Waals surface area contributed by atoms with Gasteiger partial charge in [0.1, 0.15) is 17.7 Å². The molecule has 9 nitrogen and oxygen atoms in total. The van der Waals surface area contributed by atoms with Crippen LogP contribution in [-0.4, -0.2) is 45.3 Å². The lowest BCUT2D eigenvalue weighted by atomic mass is 10.1. The van der Waals surface area contributed by atoms with Gasteiger partial charge < -0.3 is 20.8 Å². The van der Waals surface area contributed by atoms with E-state index in [-0.39, 0.29) is 23.3 Å². The van der Waals surface area contributed by atoms with Crippen molar-refractivity contribution in [2.75, 3.05) is 13.1 Å². The molecule has 9 heteroatoms. The van der Waals surface area contributed by atoms with Gasteiger partial charge in [-0.2, -0.15) is 0 Å². The predicted octanol–water partition coefficient (Wildman–Crippen LogP) is 0.570. The molecule has 0 aromatic carbocycles. The Hall–Kier alpha value is -3.20. The summed E-state index contributed by atoms with van der Waals surface area (Å²) in [6, 6.07) is 5.11. The third-order valence-corrected chi connectivity index (χ3v) is 4.37. The van der Waals surface area contributed by atoms with E-state index in [1.807, 2.05) is 0 Å². The molecule has 0 spiro atoms. The second-order valence-corrected chi connectivity index (χ2v) is 6.17. The van der Waals surface area contributed by atoms with Gasteiger partial charge in [-0.15, -0.1) is 0 Å². The minimum atomic E-state index is -0.709. The Labute approximate surface area is 148 Å². The van der Waals surface area contributed by atoms with Crippen molar-refractivity contribution >= 4 is 17.5 Å². The largest absolute Gasteiger partial charge is 0.463 e. The number of nitrogens with two attached hydrogens (primary N) is 1. The standard InChI is InChI=1S/C17H18N6O3/c18-15(24)14-16-22-11(13-4-2-6-26-13)7-12(23(16)9-20-14)17(25)21-10-3-1-5-19-8-10/h2,4,6-7,9-10,19H,1,3,5,8H2,(H2,18,24)(H,21,25)/t10-/m0/s1. The third-order valence-electron chi connectivity index (χ3n) is 4.37. The molecule has 0 bridgehead atoms. The number of hydrogen-bond acceptors (Lipinski definition) is 6. The Morgan fingerprint density at radius 1 is 1.42 bits per heavy atom. The minimum Gasteiger partial charge on any atom is -0.463 e. The lowest BCUT2D eigenvalue weighted by Crippen LogP contribution is -2.46. The zero-order valence-electron chi connectivity index (χ0n) is 13.9. The van der Waals surface area contributed by atoms with Crippen LogP contribution in [0.15, 0.2) is 35.2 Å². The number of aromatic nitrogens is 3. The van der Waals surface area contributed by atoms with E-state index in [0.29, 0.717) is 17.1 Å². The number of nitrogens with one attached hydrogen (secondary N) is 2. The zero-order chi connectivity index (χ0) is 18.1. The number of piperidine rings is 1. The van der Waals surface area contributed by atoms with Crippen LogP contribution in [0.4, 0.5) is 0 Å². The summed E-state index contributed by atoms with van der Waals surface area (Å²) in [7, 11) is 0. The van der Waals surface area contributed by atoms with Gasteiger partial charge in [-0.1, -0.05) is 0 Å². The third kappa shape index (κ3) is 2.93. The summed E-state index contributed by atoms with van der Waals surface area (Å²) >= 11 is 0. The Morgan fingerprint density at radius 3 is 3.00 bits per heavy atom. The zero-order valence-corrected chi connectivity index (χ0v) is 13.9. The Kier molecular flexibility index (Phi) is 4.13. The molecule has 1 aliphatic rings. The van der Waals surface area contributed by atoms with E-state index in [0.717, 1.165) is 25.9 Å². The molecular formula is C17H18N6O3. The molecule has 1 aliphatic heterocycles. The van der Waals surface area contributed by atoms with Crippen LogP contribution >= 0.6 is 0 Å². The average Bonchev–Trinajstić information content (AvgIpc) is 3.31. The van der Waals surface area contributed by atoms with Crippen LogP contribution in [0.5, 0.6) is 0 Å². The van der Waals surface area contributed by atoms with Crippen molar-refractivity contribution in [3.05, 3.63) is 42.2 Å². The maximum atomic E-state index is 12.9. The van der Waals surface area contributed by atoms with E-state index in [1.54, 1.807) is 18.2 Å². The molecule has 1 atom stereocenters. The molecule has 4 N–H and O–H groups in total. The number of fused-ring (bicyclic) bond motifs is 1. The highest BCUT2D eigenvalue weighted by Crippen LogP contribution is 2.22. The maximum absolute atomic E-state index is 12.9. The number of furan rings is 1. The molecule has 1 fully saturated rings. The van der Waals surface area contributed by atoms with Crippen molar-refractivity contribution in [1.82, 2.24) is 25.0 Å². The number of primary amides is 1. The van der Waals surface area contributed by atoms with Gasteiger partial charge in [-0.3, -0.25) is 14.0 Å². The number of hydrogen-bond donors (Lipinski definition) is 3. The topological polar surface area (TPSA) is 128 Å². The van der Waals surface area contributed by atoms with Crippen LogP contribution in [0.25, 0.3) is 17.1 Å². The first kappa shape index (κ1) is 16.3. The fourth-order valence-corrected chi connectivity index (χ4v) is 3.10. The van der Waals surface area contributed by atoms with Gasteiger partial charge in [0.25, 0.3) is 11.8 Å². The average molecular weight is 354 g/mol. The van der Waals surface area contributed by atoms with E-state index < -0.39 is 5.91 Å². The van der Waals surface area contributed by atoms with Gasteiger partial charge in [-0.05, 0) is 37.6 Å². The van der Waals surface area contributed by atoms with Crippen molar-refractivity contribution in [2.24, 2.45) is 5.73 Å². The summed E-state index contributed by atoms with van der Waals surface area (Å²) in [4.78, 5) is 32.9. The van der Waals surface area contributed by atoms with Crippen molar-refractivity contribution in [3.63, 3.8) is 0 Å². The first-order valence-electron chi connectivity index (χ1n) is 8.37. The number of amides is 2. The lowest BCUT2D eigenvalue weighted by Gasteiger charge is -2.24. The number of rotatable bonds is 4. The fraction of sp³-hybridized carbons (Fsp3) is 0.294. The van der Waals surface area contributed by atoms with Gasteiger partial charge in [0.05, 0.1) is 6.26 Å². The Balaban J connectivity index is 1.79. The van der Waals surface area contributed by atoms with Crippen LogP contribution in [0, 0.1) is 0 Å². The van der Waals surface area contributed by atoms with Crippen LogP contribution in [0.3, 0.4) is 0 Å². The Morgan fingerprint density at radius 2 is 2.31 bits per heavy atom. The number of carbonyl (C=O) groups is 2. The normalized spacial score (nSPS) is 17.3. The highest BCUT2D eigenvalue weighted by atomic mass is 16.3. The minimum absolute atomic E-state index is 0.00629. The van der Waals surface area contributed by atoms with Crippen LogP contribution in [0.2, 0.25) is 0 Å². The lowest BCUT2D eigenvalue weighted by molar-refractivity contribution is 0.0923. The fourth-order valence-electron chi connectivity index (χ4n) is 3.10. The SMILES string of the molecule is NC(=O)c1ncn2c(C(=O)N[C@H]3CCCNC3)cc(-c3ccco3)nc12. The summed E-state index contributed by atoms with van der Waals surface area (Å²) in [5.74, 6) is -0.496. The number of carbonyl (C=O) groups excluding carboxylic acids is 2. The summed E-state index contributed by atoms with van der Waals surface area (Å²) in [5, 5.41) is 6.27. The van der Waals surface area contributed by atoms with Crippen LogP contribution in [-0.2, 0) is 0 Å². The molecule has 4 heterocycles. The summed E-state index contributed by atoms with van der Waals surface area (Å²) in [6.07, 6.45) is 4.81. The van der Waals surface area contributed by atoms with Gasteiger partial charge in [0.15, 0.2) is 17.1 Å². The molecule has 0 aliphatic carbocycles. The van der Waals surface area contributed by atoms with Crippen molar-refractivity contribution < 1.29 is 14.0 Å². The first-order chi connectivity index (χ1) is 12.6. The molecule has 2 amide bonds. The Bertz CT molecular complexity index is 956. The first-order valence-corrected chi connectivity index (χ1v) is 8.37. The molecule has 1 saturated heterocycles. The summed E-state index contributed by atoms with van der Waals surface area (Å²) in [5.41, 5.74) is 6.35. The van der Waals surface area contributed by atoms with Crippen molar-refractivity contribution in [3.8, 4) is 11.5 Å². The highest BCUT2D eigenvalue weighted by Gasteiger charge is 2.22. The molecule has 0 saturated carbocycles. The summed E-state index contributed by atoms with van der Waals surface area (Å²) in [6.45, 7) is 1.68. The number of nitrogens with zero attached hydrogens (tertiary/aromatic N) is 3. The molecule has 134 valence electrons. The van der Waals surface area contributed by atoms with Crippen molar-refractivity contribution in [1.29, 1.82) is 0 Å². The van der Waals surface area contributed by atoms with E-state index in [4.69, 9.17) is 10.2 Å². The van der Waals surface area contributed by atoms with E-state index in [9.17, 15) is 9.59 Å². The second-order valence-electron chi connectivity index (χ2n) is 6.17. The number of imidazole rings is 1. The van der Waals surface area contributed by atoms with E-state index in [2.05, 4.69) is 20.6 Å². The van der Waals surface area contributed by atoms with Gasteiger partial charge in [0, 0.05) is 12.6 Å². The summed E-state index contributed by atoms with van der Waals surface area (Å²) < 4.78 is 6.85. The predicted molar refractivity (Wildman–Crippen MR) is 92.6 cm³/mol. The smallest absolute Gasteiger partial charge is 0.271 e. The highest BCUT2D eigenvalue weighted by molar-refractivity contribution is 5.99. The van der Waals surface area contributed by atoms with Crippen molar-refractivity contribution in [2.45, 2.75) is 18.9 Å². The second kappa shape index (κ2) is 6.60. The molecule has 0 unspecified atom stereocenters. The molecule has 3 aromatic heterocycles. The molecule has 3 aromatic rings. The van der Waals surface area contributed by atoms with Gasteiger partial charge in [-0.25, -0.2) is 9.97 Å². The monoisotopic (exact) mass is 354 g/mol. The molecular weight excluding hydrogens is 336 g/mol. The molecule has 0 radical (unpaired) electrons. The molecule has 4 rings (SSSR count). The maximum Gasteiger partial charge on any atom is 0.271 e.